The van der Waals surface area contributed by atoms with Gasteiger partial charge in [-0.25, -0.2) is 0 Å². The Kier molecular flexibility index (Phi) is 6.24. The van der Waals surface area contributed by atoms with Gasteiger partial charge in [0.1, 0.15) is 30.2 Å². The molecule has 0 saturated carbocycles. The summed E-state index contributed by atoms with van der Waals surface area (Å²) in [6, 6.07) is 10.8. The highest BCUT2D eigenvalue weighted by Crippen LogP contribution is 2.27. The molecule has 0 bridgehead atoms. The Hall–Kier alpha value is -2.03. The van der Waals surface area contributed by atoms with Gasteiger partial charge in [-0.2, -0.15) is 0 Å². The number of benzene rings is 2. The summed E-state index contributed by atoms with van der Waals surface area (Å²) < 4.78 is 0. The van der Waals surface area contributed by atoms with Crippen LogP contribution in [0.15, 0.2) is 41.4 Å². The molecule has 0 fully saturated rings. The van der Waals surface area contributed by atoms with Crippen molar-refractivity contribution in [2.45, 2.75) is 24.4 Å². The summed E-state index contributed by atoms with van der Waals surface area (Å²) in [7, 11) is 0. The van der Waals surface area contributed by atoms with Gasteiger partial charge in [0.15, 0.2) is 0 Å². The first-order valence-corrected chi connectivity index (χ1v) is 7.49. The average Bonchev–Trinajstić information content (AvgIpc) is 2.61. The topological polar surface area (TPSA) is 134 Å². The molecule has 0 aromatic heterocycles. The number of aromatic hydroxyl groups is 1. The van der Waals surface area contributed by atoms with Crippen LogP contribution in [0.4, 0.5) is 0 Å². The Balaban J connectivity index is 2.05. The van der Waals surface area contributed by atoms with Crippen molar-refractivity contribution >= 4 is 17.0 Å². The molecular formula is C17H21NO6. The summed E-state index contributed by atoms with van der Waals surface area (Å²) in [6.45, 7) is -0.984. The molecule has 4 atom stereocenters. The second-order valence-electron chi connectivity index (χ2n) is 5.52. The van der Waals surface area contributed by atoms with E-state index in [1.165, 1.54) is 6.21 Å². The largest absolute Gasteiger partial charge is 0.507 e. The van der Waals surface area contributed by atoms with Crippen LogP contribution in [0, 0.1) is 0 Å². The molecule has 0 spiro atoms. The first-order valence-electron chi connectivity index (χ1n) is 7.49. The molecule has 0 aliphatic rings. The average molecular weight is 335 g/mol. The van der Waals surface area contributed by atoms with E-state index in [9.17, 15) is 25.5 Å². The maximum absolute atomic E-state index is 10.2. The third-order valence-electron chi connectivity index (χ3n) is 3.78. The molecule has 7 nitrogen and oxygen atoms in total. The maximum Gasteiger partial charge on any atom is 0.132 e. The number of aliphatic hydroxyl groups is 5. The van der Waals surface area contributed by atoms with E-state index in [2.05, 4.69) is 4.99 Å². The summed E-state index contributed by atoms with van der Waals surface area (Å²) in [4.78, 5) is 3.95. The number of aliphatic imine (C=N–C) groups is 1. The molecule has 0 aliphatic carbocycles. The lowest BCUT2D eigenvalue weighted by Crippen LogP contribution is -2.46. The molecule has 0 saturated heterocycles. The first kappa shape index (κ1) is 18.3. The second kappa shape index (κ2) is 8.18. The van der Waals surface area contributed by atoms with Crippen molar-refractivity contribution in [1.82, 2.24) is 0 Å². The Bertz CT molecular complexity index is 705. The molecule has 2 rings (SSSR count). The van der Waals surface area contributed by atoms with E-state index >= 15 is 0 Å². The fourth-order valence-electron chi connectivity index (χ4n) is 2.31. The van der Waals surface area contributed by atoms with Crippen molar-refractivity contribution in [2.75, 3.05) is 13.2 Å². The molecule has 0 aliphatic heterocycles. The lowest BCUT2D eigenvalue weighted by Gasteiger charge is -2.24. The zero-order valence-electron chi connectivity index (χ0n) is 12.9. The van der Waals surface area contributed by atoms with Crippen LogP contribution < -0.4 is 0 Å². The van der Waals surface area contributed by atoms with Crippen LogP contribution in [0.2, 0.25) is 0 Å². The van der Waals surface area contributed by atoms with Crippen molar-refractivity contribution in [3.8, 4) is 5.75 Å². The molecule has 2 aromatic carbocycles. The predicted octanol–water partition coefficient (Wildman–Crippen LogP) is -0.600. The predicted molar refractivity (Wildman–Crippen MR) is 89.2 cm³/mol. The standard InChI is InChI=1S/C17H21NO6/c19-9-14(21)17(24)16(23)13(20)8-18-7-11-6-5-10-3-1-2-4-12(10)15(11)22/h1-7,13-14,16-17,19-24H,8-9H2/t13-,14+,16+,17+/m0/s1. The van der Waals surface area contributed by atoms with Gasteiger partial charge in [-0.3, -0.25) is 4.99 Å². The van der Waals surface area contributed by atoms with Crippen LogP contribution in [0.25, 0.3) is 10.8 Å². The Morgan fingerprint density at radius 1 is 0.917 bits per heavy atom. The summed E-state index contributed by atoms with van der Waals surface area (Å²) in [5, 5.41) is 58.7. The van der Waals surface area contributed by atoms with E-state index < -0.39 is 31.0 Å². The summed E-state index contributed by atoms with van der Waals surface area (Å²) in [5.41, 5.74) is 0.450. The maximum atomic E-state index is 10.2. The van der Waals surface area contributed by atoms with Gasteiger partial charge in [-0.05, 0) is 11.5 Å². The third kappa shape index (κ3) is 4.08. The summed E-state index contributed by atoms with van der Waals surface area (Å²) in [5.74, 6) is 0.0580. The Morgan fingerprint density at radius 3 is 2.29 bits per heavy atom. The minimum Gasteiger partial charge on any atom is -0.507 e. The molecule has 6 N–H and O–H groups in total. The van der Waals surface area contributed by atoms with Crippen molar-refractivity contribution < 1.29 is 30.6 Å². The van der Waals surface area contributed by atoms with Gasteiger partial charge in [-0.15, -0.1) is 0 Å². The van der Waals surface area contributed by atoms with Gasteiger partial charge in [0.2, 0.25) is 0 Å². The number of rotatable bonds is 7. The zero-order valence-corrected chi connectivity index (χ0v) is 12.9. The minimum atomic E-state index is -1.69. The fraction of sp³-hybridized carbons (Fsp3) is 0.353. The number of fused-ring (bicyclic) bond motifs is 1. The monoisotopic (exact) mass is 335 g/mol. The zero-order chi connectivity index (χ0) is 17.7. The third-order valence-corrected chi connectivity index (χ3v) is 3.78. The number of nitrogens with zero attached hydrogens (tertiary/aromatic N) is 1. The van der Waals surface area contributed by atoms with Gasteiger partial charge in [0.05, 0.1) is 13.2 Å². The van der Waals surface area contributed by atoms with E-state index in [0.29, 0.717) is 10.9 Å². The first-order chi connectivity index (χ1) is 11.5. The second-order valence-corrected chi connectivity index (χ2v) is 5.52. The molecule has 0 amide bonds. The minimum absolute atomic E-state index is 0.0580. The molecule has 0 radical (unpaired) electrons. The van der Waals surface area contributed by atoms with Crippen molar-refractivity contribution in [1.29, 1.82) is 0 Å². The quantitative estimate of drug-likeness (QED) is 0.374. The Labute approximate surface area is 138 Å². The van der Waals surface area contributed by atoms with Crippen LogP contribution in [0.5, 0.6) is 5.75 Å². The lowest BCUT2D eigenvalue weighted by molar-refractivity contribution is -0.112. The normalized spacial score (nSPS) is 17.0. The molecule has 2 aromatic rings. The molecule has 0 heterocycles. The van der Waals surface area contributed by atoms with E-state index in [1.54, 1.807) is 18.2 Å². The van der Waals surface area contributed by atoms with Crippen molar-refractivity contribution in [3.05, 3.63) is 42.0 Å². The number of aliphatic hydroxyl groups excluding tert-OH is 5. The molecule has 24 heavy (non-hydrogen) atoms. The van der Waals surface area contributed by atoms with Gasteiger partial charge in [0, 0.05) is 17.2 Å². The number of hydrogen-bond acceptors (Lipinski definition) is 7. The van der Waals surface area contributed by atoms with Crippen LogP contribution in [-0.2, 0) is 0 Å². The van der Waals surface area contributed by atoms with Crippen LogP contribution >= 0.6 is 0 Å². The van der Waals surface area contributed by atoms with E-state index in [1.807, 2.05) is 18.2 Å². The number of hydrogen-bond donors (Lipinski definition) is 6. The van der Waals surface area contributed by atoms with Gasteiger partial charge in [0.25, 0.3) is 0 Å². The molecule has 0 unspecified atom stereocenters. The van der Waals surface area contributed by atoms with Gasteiger partial charge in [-0.1, -0.05) is 30.3 Å². The fourth-order valence-corrected chi connectivity index (χ4v) is 2.31. The van der Waals surface area contributed by atoms with Gasteiger partial charge >= 0.3 is 0 Å². The lowest BCUT2D eigenvalue weighted by atomic mass is 10.0. The Morgan fingerprint density at radius 2 is 1.58 bits per heavy atom. The van der Waals surface area contributed by atoms with Gasteiger partial charge < -0.3 is 30.6 Å². The highest BCUT2D eigenvalue weighted by atomic mass is 16.4. The summed E-state index contributed by atoms with van der Waals surface area (Å²) in [6.07, 6.45) is -4.97. The highest BCUT2D eigenvalue weighted by Gasteiger charge is 2.29. The van der Waals surface area contributed by atoms with E-state index in [0.717, 1.165) is 5.39 Å². The molecular weight excluding hydrogens is 314 g/mol. The van der Waals surface area contributed by atoms with Crippen LogP contribution in [0.3, 0.4) is 0 Å². The van der Waals surface area contributed by atoms with E-state index in [4.69, 9.17) is 5.11 Å². The molecule has 130 valence electrons. The van der Waals surface area contributed by atoms with Crippen LogP contribution in [0.1, 0.15) is 5.56 Å². The smallest absolute Gasteiger partial charge is 0.132 e. The number of phenolic OH excluding ortho intramolecular Hbond substituents is 1. The van der Waals surface area contributed by atoms with E-state index in [-0.39, 0.29) is 12.3 Å². The van der Waals surface area contributed by atoms with Crippen molar-refractivity contribution in [3.63, 3.8) is 0 Å². The molecule has 7 heteroatoms. The highest BCUT2D eigenvalue weighted by molar-refractivity contribution is 5.97. The summed E-state index contributed by atoms with van der Waals surface area (Å²) >= 11 is 0. The van der Waals surface area contributed by atoms with Crippen molar-refractivity contribution in [2.24, 2.45) is 4.99 Å². The van der Waals surface area contributed by atoms with Crippen LogP contribution in [-0.4, -0.2) is 74.4 Å². The number of phenols is 1. The SMILES string of the molecule is OC[C@@H](O)[C@@H](O)[C@H](O)[C@@H](O)CN=Cc1ccc2ccccc2c1O.